The molecule has 1 saturated carbocycles. The summed E-state index contributed by atoms with van der Waals surface area (Å²) in [6.07, 6.45) is 3.89. The highest BCUT2D eigenvalue weighted by Gasteiger charge is 2.29. The molecular formula is C17H16N2O3S. The fourth-order valence-corrected chi connectivity index (χ4v) is 3.40. The van der Waals surface area contributed by atoms with Gasteiger partial charge in [-0.3, -0.25) is 4.79 Å². The summed E-state index contributed by atoms with van der Waals surface area (Å²) in [7, 11) is 0. The number of carbonyl (C=O) groups excluding carboxylic acids is 1. The van der Waals surface area contributed by atoms with Gasteiger partial charge in [0.2, 0.25) is 0 Å². The van der Waals surface area contributed by atoms with Crippen molar-refractivity contribution >= 4 is 17.2 Å². The van der Waals surface area contributed by atoms with Gasteiger partial charge in [-0.25, -0.2) is 0 Å². The molecule has 1 aliphatic carbocycles. The second-order valence-corrected chi connectivity index (χ2v) is 6.66. The lowest BCUT2D eigenvalue weighted by Gasteiger charge is -2.13. The van der Waals surface area contributed by atoms with Crippen molar-refractivity contribution in [3.05, 3.63) is 64.1 Å². The lowest BCUT2D eigenvalue weighted by Crippen LogP contribution is -2.28. The number of carbonyl (C=O) groups is 1. The van der Waals surface area contributed by atoms with Crippen molar-refractivity contribution in [3.63, 3.8) is 0 Å². The molecule has 3 aromatic heterocycles. The van der Waals surface area contributed by atoms with Crippen molar-refractivity contribution < 1.29 is 13.7 Å². The van der Waals surface area contributed by atoms with Gasteiger partial charge in [-0.2, -0.15) is 0 Å². The van der Waals surface area contributed by atoms with Crippen LogP contribution in [-0.4, -0.2) is 17.6 Å². The van der Waals surface area contributed by atoms with Gasteiger partial charge >= 0.3 is 0 Å². The lowest BCUT2D eigenvalue weighted by atomic mass is 10.0. The number of hydrogen-bond acceptors (Lipinski definition) is 5. The van der Waals surface area contributed by atoms with E-state index in [0.717, 1.165) is 29.2 Å². The van der Waals surface area contributed by atoms with Crippen molar-refractivity contribution in [2.75, 3.05) is 6.54 Å². The quantitative estimate of drug-likeness (QED) is 0.748. The summed E-state index contributed by atoms with van der Waals surface area (Å²) >= 11 is 1.65. The molecule has 0 saturated heterocycles. The first-order chi connectivity index (χ1) is 11.3. The van der Waals surface area contributed by atoms with Crippen LogP contribution in [0.1, 0.15) is 51.6 Å². The summed E-state index contributed by atoms with van der Waals surface area (Å²) in [6, 6.07) is 9.58. The maximum Gasteiger partial charge on any atom is 0.273 e. The molecule has 0 bridgehead atoms. The van der Waals surface area contributed by atoms with Gasteiger partial charge in [0, 0.05) is 23.4 Å². The lowest BCUT2D eigenvalue weighted by molar-refractivity contribution is 0.0942. The summed E-state index contributed by atoms with van der Waals surface area (Å²) in [5, 5.41) is 8.83. The highest BCUT2D eigenvalue weighted by molar-refractivity contribution is 7.10. The van der Waals surface area contributed by atoms with Crippen molar-refractivity contribution in [2.24, 2.45) is 0 Å². The number of furan rings is 1. The van der Waals surface area contributed by atoms with Crippen LogP contribution in [0.15, 0.2) is 50.9 Å². The number of aromatic nitrogens is 1. The first kappa shape index (κ1) is 14.3. The second kappa shape index (κ2) is 6.04. The molecule has 23 heavy (non-hydrogen) atoms. The Labute approximate surface area is 137 Å². The summed E-state index contributed by atoms with van der Waals surface area (Å²) in [6.45, 7) is 0.457. The third kappa shape index (κ3) is 3.07. The average molecular weight is 328 g/mol. The Morgan fingerprint density at radius 3 is 3.00 bits per heavy atom. The van der Waals surface area contributed by atoms with Crippen molar-refractivity contribution in [3.8, 4) is 0 Å². The van der Waals surface area contributed by atoms with Crippen LogP contribution >= 0.6 is 11.3 Å². The van der Waals surface area contributed by atoms with Crippen LogP contribution < -0.4 is 5.32 Å². The zero-order chi connectivity index (χ0) is 15.6. The maximum atomic E-state index is 12.3. The predicted octanol–water partition coefficient (Wildman–Crippen LogP) is 3.77. The van der Waals surface area contributed by atoms with Crippen LogP contribution in [0.2, 0.25) is 0 Å². The van der Waals surface area contributed by atoms with Crippen LogP contribution in [0.25, 0.3) is 0 Å². The molecule has 118 valence electrons. The molecule has 1 unspecified atom stereocenters. The van der Waals surface area contributed by atoms with Crippen LogP contribution in [0.5, 0.6) is 0 Å². The van der Waals surface area contributed by atoms with Gasteiger partial charge in [-0.1, -0.05) is 11.2 Å². The minimum Gasteiger partial charge on any atom is -0.469 e. The summed E-state index contributed by atoms with van der Waals surface area (Å²) < 4.78 is 10.8. The van der Waals surface area contributed by atoms with Crippen molar-refractivity contribution in [2.45, 2.75) is 24.7 Å². The van der Waals surface area contributed by atoms with Crippen LogP contribution in [0.3, 0.4) is 0 Å². The van der Waals surface area contributed by atoms with Gasteiger partial charge in [0.1, 0.15) is 11.5 Å². The topological polar surface area (TPSA) is 68.3 Å². The second-order valence-electron chi connectivity index (χ2n) is 5.68. The van der Waals surface area contributed by atoms with Gasteiger partial charge in [0.05, 0.1) is 12.2 Å². The highest BCUT2D eigenvalue weighted by Crippen LogP contribution is 2.40. The Balaban J connectivity index is 1.45. The zero-order valence-corrected chi connectivity index (χ0v) is 13.2. The molecule has 3 heterocycles. The van der Waals surface area contributed by atoms with Gasteiger partial charge in [0.15, 0.2) is 5.69 Å². The molecule has 0 spiro atoms. The van der Waals surface area contributed by atoms with E-state index in [0.29, 0.717) is 18.2 Å². The Morgan fingerprint density at radius 1 is 1.39 bits per heavy atom. The molecule has 1 aliphatic rings. The molecule has 0 aliphatic heterocycles. The number of nitrogens with one attached hydrogen (secondary N) is 1. The Bertz CT molecular complexity index is 738. The fraction of sp³-hybridized carbons (Fsp3) is 0.294. The monoisotopic (exact) mass is 328 g/mol. The van der Waals surface area contributed by atoms with E-state index in [1.165, 1.54) is 0 Å². The number of thiophene rings is 1. The van der Waals surface area contributed by atoms with E-state index in [1.54, 1.807) is 23.7 Å². The number of nitrogens with zero attached hydrogens (tertiary/aromatic N) is 1. The number of hydrogen-bond donors (Lipinski definition) is 1. The van der Waals surface area contributed by atoms with Crippen LogP contribution in [-0.2, 0) is 0 Å². The maximum absolute atomic E-state index is 12.3. The summed E-state index contributed by atoms with van der Waals surface area (Å²) in [5.74, 6) is 1.89. The SMILES string of the molecule is O=C(NCC(c1ccco1)c1cccs1)c1cc(C2CC2)on1. The average Bonchev–Trinajstić information content (AvgIpc) is 3.06. The van der Waals surface area contributed by atoms with E-state index in [1.807, 2.05) is 29.6 Å². The molecular weight excluding hydrogens is 312 g/mol. The van der Waals surface area contributed by atoms with E-state index in [-0.39, 0.29) is 11.8 Å². The number of rotatable bonds is 6. The Hall–Kier alpha value is -2.34. The van der Waals surface area contributed by atoms with Crippen LogP contribution in [0.4, 0.5) is 0 Å². The molecule has 0 radical (unpaired) electrons. The smallest absolute Gasteiger partial charge is 0.273 e. The highest BCUT2D eigenvalue weighted by atomic mass is 32.1. The van der Waals surface area contributed by atoms with Crippen LogP contribution in [0, 0.1) is 0 Å². The normalized spacial score (nSPS) is 15.5. The molecule has 1 amide bonds. The van der Waals surface area contributed by atoms with E-state index in [2.05, 4.69) is 10.5 Å². The van der Waals surface area contributed by atoms with E-state index < -0.39 is 0 Å². The first-order valence-corrected chi connectivity index (χ1v) is 8.51. The fourth-order valence-electron chi connectivity index (χ4n) is 2.56. The van der Waals surface area contributed by atoms with E-state index in [4.69, 9.17) is 8.94 Å². The first-order valence-electron chi connectivity index (χ1n) is 7.63. The molecule has 5 nitrogen and oxygen atoms in total. The van der Waals surface area contributed by atoms with Gasteiger partial charge in [0.25, 0.3) is 5.91 Å². The van der Waals surface area contributed by atoms with Crippen molar-refractivity contribution in [1.29, 1.82) is 0 Å². The summed E-state index contributed by atoms with van der Waals surface area (Å²) in [5.41, 5.74) is 0.344. The predicted molar refractivity (Wildman–Crippen MR) is 85.7 cm³/mol. The van der Waals surface area contributed by atoms with Gasteiger partial charge in [-0.05, 0) is 36.4 Å². The molecule has 0 aromatic carbocycles. The minimum absolute atomic E-state index is 0.00348. The molecule has 6 heteroatoms. The van der Waals surface area contributed by atoms with E-state index >= 15 is 0 Å². The molecule has 1 atom stereocenters. The van der Waals surface area contributed by atoms with Gasteiger partial charge < -0.3 is 14.3 Å². The van der Waals surface area contributed by atoms with Gasteiger partial charge in [-0.15, -0.1) is 11.3 Å². The number of amides is 1. The Kier molecular flexibility index (Phi) is 3.75. The van der Waals surface area contributed by atoms with Crippen molar-refractivity contribution in [1.82, 2.24) is 10.5 Å². The molecule has 1 fully saturated rings. The summed E-state index contributed by atoms with van der Waals surface area (Å²) in [4.78, 5) is 13.4. The Morgan fingerprint density at radius 2 is 2.30 bits per heavy atom. The standard InChI is InChI=1S/C17H16N2O3S/c20-17(13-9-15(22-19-13)11-5-6-11)18-10-12(14-3-1-7-21-14)16-4-2-8-23-16/h1-4,7-9,11-12H,5-6,10H2,(H,18,20). The largest absolute Gasteiger partial charge is 0.469 e. The molecule has 3 aromatic rings. The molecule has 1 N–H and O–H groups in total. The zero-order valence-electron chi connectivity index (χ0n) is 12.4. The third-order valence-electron chi connectivity index (χ3n) is 3.98. The minimum atomic E-state index is -0.214. The third-order valence-corrected chi connectivity index (χ3v) is 4.97. The molecule has 4 rings (SSSR count). The van der Waals surface area contributed by atoms with E-state index in [9.17, 15) is 4.79 Å².